The first-order valence-electron chi connectivity index (χ1n) is 6.00. The van der Waals surface area contributed by atoms with Crippen LogP contribution in [0.1, 0.15) is 6.42 Å². The Morgan fingerprint density at radius 3 is 3.05 bits per heavy atom. The van der Waals surface area contributed by atoms with Crippen molar-refractivity contribution in [1.29, 1.82) is 0 Å². The van der Waals surface area contributed by atoms with Crippen molar-refractivity contribution in [3.05, 3.63) is 34.4 Å². The lowest BCUT2D eigenvalue weighted by molar-refractivity contribution is -0.384. The van der Waals surface area contributed by atoms with Crippen molar-refractivity contribution in [2.24, 2.45) is 0 Å². The minimum absolute atomic E-state index is 0.0548. The molecule has 0 aromatic heterocycles. The molecule has 7 nitrogen and oxygen atoms in total. The van der Waals surface area contributed by atoms with Gasteiger partial charge in [-0.15, -0.1) is 11.8 Å². The van der Waals surface area contributed by atoms with Gasteiger partial charge < -0.3 is 10.6 Å². The molecule has 0 saturated carbocycles. The van der Waals surface area contributed by atoms with Gasteiger partial charge in [0.25, 0.3) is 5.69 Å². The molecule has 1 aromatic rings. The maximum absolute atomic E-state index is 11.8. The van der Waals surface area contributed by atoms with Gasteiger partial charge in [-0.3, -0.25) is 19.7 Å². The average molecular weight is 295 g/mol. The van der Waals surface area contributed by atoms with Crippen LogP contribution in [0.3, 0.4) is 0 Å². The summed E-state index contributed by atoms with van der Waals surface area (Å²) in [7, 11) is 0. The smallest absolute Gasteiger partial charge is 0.271 e. The maximum Gasteiger partial charge on any atom is 0.271 e. The topological polar surface area (TPSA) is 101 Å². The molecular weight excluding hydrogens is 282 g/mol. The number of thioether (sulfide) groups is 1. The van der Waals surface area contributed by atoms with E-state index in [1.807, 2.05) is 0 Å². The number of benzene rings is 1. The summed E-state index contributed by atoms with van der Waals surface area (Å²) in [5.41, 5.74) is 0.262. The quantitative estimate of drug-likeness (QED) is 0.641. The molecule has 1 aliphatic heterocycles. The van der Waals surface area contributed by atoms with E-state index in [0.29, 0.717) is 12.2 Å². The normalized spacial score (nSPS) is 18.2. The van der Waals surface area contributed by atoms with Gasteiger partial charge in [0.15, 0.2) is 0 Å². The number of carbonyl (C=O) groups excluding carboxylic acids is 2. The predicted octanol–water partition coefficient (Wildman–Crippen LogP) is 1.15. The van der Waals surface area contributed by atoms with Crippen LogP contribution in [-0.2, 0) is 9.59 Å². The van der Waals surface area contributed by atoms with Gasteiger partial charge in [0.05, 0.1) is 10.2 Å². The molecule has 2 rings (SSSR count). The van der Waals surface area contributed by atoms with Crippen molar-refractivity contribution in [3.63, 3.8) is 0 Å². The van der Waals surface area contributed by atoms with Gasteiger partial charge in [0.2, 0.25) is 11.8 Å². The SMILES string of the molecule is O=C(C[C@H]1SCCNC1=O)Nc1cccc([N+](=O)[O-])c1. The summed E-state index contributed by atoms with van der Waals surface area (Å²) in [6, 6.07) is 5.70. The molecule has 1 fully saturated rings. The van der Waals surface area contributed by atoms with Crippen LogP contribution in [0.2, 0.25) is 0 Å². The number of rotatable bonds is 4. The summed E-state index contributed by atoms with van der Waals surface area (Å²) in [5, 5.41) is 15.5. The van der Waals surface area contributed by atoms with Crippen LogP contribution < -0.4 is 10.6 Å². The number of nitro groups is 1. The fraction of sp³-hybridized carbons (Fsp3) is 0.333. The molecule has 106 valence electrons. The Morgan fingerprint density at radius 1 is 1.55 bits per heavy atom. The van der Waals surface area contributed by atoms with Gasteiger partial charge in [0, 0.05) is 36.5 Å². The maximum atomic E-state index is 11.8. The van der Waals surface area contributed by atoms with Crippen molar-refractivity contribution < 1.29 is 14.5 Å². The molecular formula is C12H13N3O4S. The Hall–Kier alpha value is -2.09. The number of nitrogens with one attached hydrogen (secondary N) is 2. The van der Waals surface area contributed by atoms with Crippen LogP contribution in [-0.4, -0.2) is 34.3 Å². The predicted molar refractivity (Wildman–Crippen MR) is 75.6 cm³/mol. The molecule has 1 atom stereocenters. The summed E-state index contributed by atoms with van der Waals surface area (Å²) < 4.78 is 0. The zero-order valence-electron chi connectivity index (χ0n) is 10.5. The number of nitro benzene ring substituents is 1. The fourth-order valence-corrected chi connectivity index (χ4v) is 2.80. The van der Waals surface area contributed by atoms with E-state index < -0.39 is 10.2 Å². The third-order valence-electron chi connectivity index (χ3n) is 2.72. The number of nitrogens with zero attached hydrogens (tertiary/aromatic N) is 1. The van der Waals surface area contributed by atoms with E-state index in [2.05, 4.69) is 10.6 Å². The molecule has 1 saturated heterocycles. The number of hydrogen-bond acceptors (Lipinski definition) is 5. The lowest BCUT2D eigenvalue weighted by Crippen LogP contribution is -2.40. The van der Waals surface area contributed by atoms with E-state index in [4.69, 9.17) is 0 Å². The second-order valence-corrected chi connectivity index (χ2v) is 5.52. The minimum atomic E-state index is -0.528. The first-order valence-corrected chi connectivity index (χ1v) is 7.05. The fourth-order valence-electron chi connectivity index (χ4n) is 1.79. The molecule has 0 bridgehead atoms. The van der Waals surface area contributed by atoms with Crippen molar-refractivity contribution in [3.8, 4) is 0 Å². The molecule has 0 unspecified atom stereocenters. The van der Waals surface area contributed by atoms with Crippen LogP contribution in [0.15, 0.2) is 24.3 Å². The number of non-ortho nitro benzene ring substituents is 1. The zero-order valence-corrected chi connectivity index (χ0v) is 11.3. The molecule has 8 heteroatoms. The van der Waals surface area contributed by atoms with Crippen LogP contribution in [0, 0.1) is 10.1 Å². The van der Waals surface area contributed by atoms with E-state index in [-0.39, 0.29) is 23.9 Å². The Morgan fingerprint density at radius 2 is 2.35 bits per heavy atom. The van der Waals surface area contributed by atoms with Crippen molar-refractivity contribution in [2.45, 2.75) is 11.7 Å². The van der Waals surface area contributed by atoms with Gasteiger partial charge >= 0.3 is 0 Å². The summed E-state index contributed by atoms with van der Waals surface area (Å²) in [4.78, 5) is 33.5. The lowest BCUT2D eigenvalue weighted by Gasteiger charge is -2.20. The van der Waals surface area contributed by atoms with Crippen LogP contribution in [0.4, 0.5) is 11.4 Å². The van der Waals surface area contributed by atoms with Crippen molar-refractivity contribution >= 4 is 35.0 Å². The summed E-state index contributed by atoms with van der Waals surface area (Å²) in [6.07, 6.45) is 0.0548. The van der Waals surface area contributed by atoms with Crippen LogP contribution in [0.5, 0.6) is 0 Å². The van der Waals surface area contributed by atoms with Gasteiger partial charge in [-0.1, -0.05) is 6.07 Å². The molecule has 0 spiro atoms. The molecule has 2 N–H and O–H groups in total. The zero-order chi connectivity index (χ0) is 14.5. The average Bonchev–Trinajstić information content (AvgIpc) is 2.41. The summed E-state index contributed by atoms with van der Waals surface area (Å²) in [5.74, 6) is 0.302. The monoisotopic (exact) mass is 295 g/mol. The highest BCUT2D eigenvalue weighted by Gasteiger charge is 2.25. The second kappa shape index (κ2) is 6.38. The van der Waals surface area contributed by atoms with Crippen LogP contribution in [0.25, 0.3) is 0 Å². The summed E-state index contributed by atoms with van der Waals surface area (Å²) in [6.45, 7) is 0.618. The first kappa shape index (κ1) is 14.3. The second-order valence-electron chi connectivity index (χ2n) is 4.21. The van der Waals surface area contributed by atoms with E-state index in [1.165, 1.54) is 30.0 Å². The Labute approximate surface area is 119 Å². The Kier molecular flexibility index (Phi) is 4.57. The number of anilines is 1. The highest BCUT2D eigenvalue weighted by Crippen LogP contribution is 2.20. The van der Waals surface area contributed by atoms with E-state index in [0.717, 1.165) is 5.75 Å². The molecule has 1 heterocycles. The molecule has 0 radical (unpaired) electrons. The lowest BCUT2D eigenvalue weighted by atomic mass is 10.2. The molecule has 1 aromatic carbocycles. The number of amides is 2. The van der Waals surface area contributed by atoms with Gasteiger partial charge in [0.1, 0.15) is 0 Å². The Bertz CT molecular complexity index is 549. The van der Waals surface area contributed by atoms with Gasteiger partial charge in [-0.2, -0.15) is 0 Å². The third kappa shape index (κ3) is 3.70. The van der Waals surface area contributed by atoms with E-state index in [9.17, 15) is 19.7 Å². The summed E-state index contributed by atoms with van der Waals surface area (Å²) >= 11 is 1.44. The van der Waals surface area contributed by atoms with Crippen molar-refractivity contribution in [1.82, 2.24) is 5.32 Å². The van der Waals surface area contributed by atoms with Gasteiger partial charge in [-0.25, -0.2) is 0 Å². The molecule has 20 heavy (non-hydrogen) atoms. The van der Waals surface area contributed by atoms with Crippen molar-refractivity contribution in [2.75, 3.05) is 17.6 Å². The van der Waals surface area contributed by atoms with Gasteiger partial charge in [-0.05, 0) is 6.07 Å². The van der Waals surface area contributed by atoms with Crippen LogP contribution >= 0.6 is 11.8 Å². The van der Waals surface area contributed by atoms with E-state index in [1.54, 1.807) is 6.07 Å². The number of carbonyl (C=O) groups is 2. The minimum Gasteiger partial charge on any atom is -0.354 e. The largest absolute Gasteiger partial charge is 0.354 e. The molecule has 0 aliphatic carbocycles. The van der Waals surface area contributed by atoms with E-state index >= 15 is 0 Å². The standard InChI is InChI=1S/C12H13N3O4S/c16-11(7-10-12(17)13-4-5-20-10)14-8-2-1-3-9(6-8)15(18)19/h1-3,6,10H,4-5,7H2,(H,13,17)(H,14,16)/t10-/m1/s1. The number of hydrogen-bond donors (Lipinski definition) is 2. The molecule has 1 aliphatic rings. The highest BCUT2D eigenvalue weighted by molar-refractivity contribution is 8.00. The third-order valence-corrected chi connectivity index (χ3v) is 3.95. The first-order chi connectivity index (χ1) is 9.56. The molecule has 2 amide bonds. The Balaban J connectivity index is 1.95. The highest BCUT2D eigenvalue weighted by atomic mass is 32.2.